The zero-order valence-electron chi connectivity index (χ0n) is 18.8. The molecule has 0 radical (unpaired) electrons. The lowest BCUT2D eigenvalue weighted by molar-refractivity contribution is 0.248. The normalized spacial score (nSPS) is 21.7. The largest absolute Gasteiger partial charge is 0.355 e. The predicted octanol–water partition coefficient (Wildman–Crippen LogP) is 3.39. The third-order valence-corrected chi connectivity index (χ3v) is 6.89. The Labute approximate surface area is 183 Å². The fourth-order valence-electron chi connectivity index (χ4n) is 5.22. The van der Waals surface area contributed by atoms with Gasteiger partial charge in [0.15, 0.2) is 5.57 Å². The second-order valence-corrected chi connectivity index (χ2v) is 9.12. The van der Waals surface area contributed by atoms with Gasteiger partial charge in [0.2, 0.25) is 0 Å². The fraction of sp³-hybridized carbons (Fsp3) is 0.833. The summed E-state index contributed by atoms with van der Waals surface area (Å²) >= 11 is 0. The van der Waals surface area contributed by atoms with Crippen LogP contribution in [0.3, 0.4) is 0 Å². The van der Waals surface area contributed by atoms with Gasteiger partial charge in [-0.15, -0.1) is 0 Å². The smallest absolute Gasteiger partial charge is 0.169 e. The van der Waals surface area contributed by atoms with Gasteiger partial charge in [-0.1, -0.05) is 25.7 Å². The molecule has 0 aromatic carbocycles. The zero-order chi connectivity index (χ0) is 21.0. The summed E-state index contributed by atoms with van der Waals surface area (Å²) in [6, 6.07) is 4.33. The maximum atomic E-state index is 9.54. The lowest BCUT2D eigenvalue weighted by atomic mass is 10.2. The Kier molecular flexibility index (Phi) is 9.80. The summed E-state index contributed by atoms with van der Waals surface area (Å²) in [5.74, 6) is 0.895. The van der Waals surface area contributed by atoms with Gasteiger partial charge in [0.25, 0.3) is 0 Å². The van der Waals surface area contributed by atoms with E-state index in [2.05, 4.69) is 31.7 Å². The van der Waals surface area contributed by atoms with Crippen LogP contribution >= 0.6 is 0 Å². The summed E-state index contributed by atoms with van der Waals surface area (Å²) in [4.78, 5) is 9.79. The summed E-state index contributed by atoms with van der Waals surface area (Å²) in [5.41, 5.74) is 0.289. The average molecular weight is 413 g/mol. The SMILES string of the molecule is N#CC(C#N)=C1N(CCCN2CCCCCC2)CCN1CCCN1CCCCCC1. The van der Waals surface area contributed by atoms with Crippen LogP contribution in [0.15, 0.2) is 11.4 Å². The maximum Gasteiger partial charge on any atom is 0.169 e. The average Bonchev–Trinajstić information content (AvgIpc) is 2.97. The van der Waals surface area contributed by atoms with Crippen LogP contribution in [0.2, 0.25) is 0 Å². The van der Waals surface area contributed by atoms with Crippen molar-refractivity contribution >= 4 is 0 Å². The van der Waals surface area contributed by atoms with Gasteiger partial charge in [0, 0.05) is 26.2 Å². The van der Waals surface area contributed by atoms with E-state index in [1.54, 1.807) is 0 Å². The van der Waals surface area contributed by atoms with Crippen LogP contribution in [0.5, 0.6) is 0 Å². The van der Waals surface area contributed by atoms with Gasteiger partial charge in [0.1, 0.15) is 18.0 Å². The van der Waals surface area contributed by atoms with Crippen LogP contribution in [-0.4, -0.2) is 85.0 Å². The van der Waals surface area contributed by atoms with Crippen molar-refractivity contribution in [3.05, 3.63) is 11.4 Å². The topological polar surface area (TPSA) is 60.5 Å². The maximum absolute atomic E-state index is 9.54. The first-order valence-corrected chi connectivity index (χ1v) is 12.3. The van der Waals surface area contributed by atoms with Gasteiger partial charge in [0.05, 0.1) is 0 Å². The number of hydrogen-bond acceptors (Lipinski definition) is 6. The Morgan fingerprint density at radius 3 is 1.33 bits per heavy atom. The number of nitrogens with zero attached hydrogens (tertiary/aromatic N) is 6. The van der Waals surface area contributed by atoms with E-state index in [1.165, 1.54) is 77.5 Å². The van der Waals surface area contributed by atoms with Crippen molar-refractivity contribution in [2.45, 2.75) is 64.2 Å². The van der Waals surface area contributed by atoms with Crippen LogP contribution < -0.4 is 0 Å². The van der Waals surface area contributed by atoms with E-state index < -0.39 is 0 Å². The first-order valence-electron chi connectivity index (χ1n) is 12.3. The van der Waals surface area contributed by atoms with E-state index in [0.717, 1.165) is 57.9 Å². The van der Waals surface area contributed by atoms with E-state index >= 15 is 0 Å². The molecule has 0 aliphatic carbocycles. The first-order chi connectivity index (χ1) is 14.8. The molecule has 6 nitrogen and oxygen atoms in total. The first kappa shape index (κ1) is 22.9. The van der Waals surface area contributed by atoms with Crippen molar-refractivity contribution in [1.82, 2.24) is 19.6 Å². The van der Waals surface area contributed by atoms with Crippen LogP contribution in [0.1, 0.15) is 64.2 Å². The van der Waals surface area contributed by atoms with Crippen molar-refractivity contribution in [3.8, 4) is 12.1 Å². The lowest BCUT2D eigenvalue weighted by Crippen LogP contribution is -2.32. The summed E-state index contributed by atoms with van der Waals surface area (Å²) in [5, 5.41) is 19.1. The highest BCUT2D eigenvalue weighted by Gasteiger charge is 2.28. The van der Waals surface area contributed by atoms with Crippen LogP contribution in [0, 0.1) is 22.7 Å². The number of rotatable bonds is 8. The van der Waals surface area contributed by atoms with Crippen molar-refractivity contribution in [3.63, 3.8) is 0 Å². The van der Waals surface area contributed by atoms with Gasteiger partial charge in [-0.25, -0.2) is 0 Å². The zero-order valence-corrected chi connectivity index (χ0v) is 18.8. The molecule has 30 heavy (non-hydrogen) atoms. The minimum Gasteiger partial charge on any atom is -0.355 e. The monoisotopic (exact) mass is 412 g/mol. The van der Waals surface area contributed by atoms with E-state index in [1.807, 2.05) is 0 Å². The summed E-state index contributed by atoms with van der Waals surface area (Å²) in [7, 11) is 0. The van der Waals surface area contributed by atoms with Crippen molar-refractivity contribution < 1.29 is 0 Å². The lowest BCUT2D eigenvalue weighted by Gasteiger charge is -2.27. The van der Waals surface area contributed by atoms with Crippen molar-refractivity contribution in [2.75, 3.05) is 65.4 Å². The molecular formula is C24H40N6. The molecule has 0 bridgehead atoms. The third kappa shape index (κ3) is 6.89. The van der Waals surface area contributed by atoms with Crippen LogP contribution in [0.4, 0.5) is 0 Å². The molecule has 3 fully saturated rings. The summed E-state index contributed by atoms with van der Waals surface area (Å²) in [6.45, 7) is 10.9. The summed E-state index contributed by atoms with van der Waals surface area (Å²) in [6.07, 6.45) is 13.0. The van der Waals surface area contributed by atoms with E-state index in [-0.39, 0.29) is 5.57 Å². The van der Waals surface area contributed by atoms with Gasteiger partial charge in [-0.3, -0.25) is 0 Å². The Morgan fingerprint density at radius 1 is 0.567 bits per heavy atom. The van der Waals surface area contributed by atoms with Crippen molar-refractivity contribution in [2.24, 2.45) is 0 Å². The van der Waals surface area contributed by atoms with Gasteiger partial charge in [-0.2, -0.15) is 10.5 Å². The molecule has 0 aromatic rings. The molecular weight excluding hydrogens is 372 g/mol. The number of allylic oxidation sites excluding steroid dienone is 1. The minimum atomic E-state index is 0.289. The molecule has 3 aliphatic heterocycles. The molecule has 0 atom stereocenters. The Morgan fingerprint density at radius 2 is 0.967 bits per heavy atom. The van der Waals surface area contributed by atoms with E-state index in [0.29, 0.717) is 0 Å². The van der Waals surface area contributed by atoms with E-state index in [4.69, 9.17) is 0 Å². The highest BCUT2D eigenvalue weighted by atomic mass is 15.4. The molecule has 0 N–H and O–H groups in total. The third-order valence-electron chi connectivity index (χ3n) is 6.89. The molecule has 3 aliphatic rings. The van der Waals surface area contributed by atoms with E-state index in [9.17, 15) is 10.5 Å². The molecule has 0 amide bonds. The molecule has 0 aromatic heterocycles. The summed E-state index contributed by atoms with van der Waals surface area (Å²) < 4.78 is 0. The molecule has 0 spiro atoms. The van der Waals surface area contributed by atoms with Gasteiger partial charge >= 0.3 is 0 Å². The highest BCUT2D eigenvalue weighted by molar-refractivity contribution is 5.40. The molecule has 0 saturated carbocycles. The Hall–Kier alpha value is -1.76. The van der Waals surface area contributed by atoms with Gasteiger partial charge < -0.3 is 19.6 Å². The second-order valence-electron chi connectivity index (χ2n) is 9.12. The minimum absolute atomic E-state index is 0.289. The molecule has 166 valence electrons. The quantitative estimate of drug-likeness (QED) is 0.570. The number of likely N-dealkylation sites (tertiary alicyclic amines) is 2. The standard InChI is InChI=1S/C24H40N6/c25-21-23(22-26)24-29(17-9-15-27-11-5-1-2-6-12-27)19-20-30(24)18-10-16-28-13-7-3-4-8-14-28/h1-20H2. The molecule has 3 rings (SSSR count). The Bertz CT molecular complexity index is 563. The van der Waals surface area contributed by atoms with Crippen LogP contribution in [-0.2, 0) is 0 Å². The van der Waals surface area contributed by atoms with Crippen molar-refractivity contribution in [1.29, 1.82) is 10.5 Å². The number of nitriles is 2. The second kappa shape index (κ2) is 12.8. The predicted molar refractivity (Wildman–Crippen MR) is 120 cm³/mol. The van der Waals surface area contributed by atoms with Crippen LogP contribution in [0.25, 0.3) is 0 Å². The molecule has 0 unspecified atom stereocenters. The number of hydrogen-bond donors (Lipinski definition) is 0. The molecule has 6 heteroatoms. The Balaban J connectivity index is 1.49. The van der Waals surface area contributed by atoms with Gasteiger partial charge in [-0.05, 0) is 77.8 Å². The molecule has 3 saturated heterocycles. The fourth-order valence-corrected chi connectivity index (χ4v) is 5.22. The highest BCUT2D eigenvalue weighted by Crippen LogP contribution is 2.23. The molecule has 3 heterocycles.